The molecule has 1 fully saturated rings. The van der Waals surface area contributed by atoms with E-state index < -0.39 is 0 Å². The minimum Gasteiger partial charge on any atom is -0.363 e. The standard InChI is InChI=1S/C23H31N5OS/c1-24-23(26-19-11-14-27(15-12-19)22-9-5-17-30-22)25-13-4-8-21(29)28-16-10-18-6-2-3-7-20(18)28/h2-3,5-7,9,17,19H,4,8,10-16H2,1H3,(H2,24,25,26). The molecule has 0 unspecified atom stereocenters. The van der Waals surface area contributed by atoms with Gasteiger partial charge in [0.15, 0.2) is 5.96 Å². The highest BCUT2D eigenvalue weighted by Crippen LogP contribution is 2.28. The molecule has 2 aromatic rings. The van der Waals surface area contributed by atoms with Crippen LogP contribution in [0.2, 0.25) is 0 Å². The number of nitrogens with one attached hydrogen (secondary N) is 2. The second kappa shape index (κ2) is 9.98. The van der Waals surface area contributed by atoms with Crippen molar-refractivity contribution >= 4 is 33.9 Å². The highest BCUT2D eigenvalue weighted by molar-refractivity contribution is 7.14. The second-order valence-corrected chi connectivity index (χ2v) is 8.81. The van der Waals surface area contributed by atoms with E-state index in [9.17, 15) is 4.79 Å². The van der Waals surface area contributed by atoms with Crippen molar-refractivity contribution in [1.82, 2.24) is 10.6 Å². The van der Waals surface area contributed by atoms with Gasteiger partial charge in [-0.05, 0) is 54.8 Å². The molecule has 0 saturated carbocycles. The maximum Gasteiger partial charge on any atom is 0.227 e. The number of aliphatic imine (C=N–C) groups is 1. The lowest BCUT2D eigenvalue weighted by Crippen LogP contribution is -2.48. The number of anilines is 2. The first-order valence-electron chi connectivity index (χ1n) is 10.9. The molecular formula is C23H31N5OS. The van der Waals surface area contributed by atoms with Gasteiger partial charge in [-0.15, -0.1) is 11.3 Å². The van der Waals surface area contributed by atoms with Crippen molar-refractivity contribution in [2.75, 3.05) is 43.0 Å². The van der Waals surface area contributed by atoms with Crippen LogP contribution in [0.1, 0.15) is 31.2 Å². The fourth-order valence-electron chi connectivity index (χ4n) is 4.26. The van der Waals surface area contributed by atoms with Crippen molar-refractivity contribution in [1.29, 1.82) is 0 Å². The lowest BCUT2D eigenvalue weighted by atomic mass is 10.1. The number of hydrogen-bond acceptors (Lipinski definition) is 4. The molecule has 6 nitrogen and oxygen atoms in total. The summed E-state index contributed by atoms with van der Waals surface area (Å²) >= 11 is 1.81. The maximum absolute atomic E-state index is 12.6. The van der Waals surface area contributed by atoms with Crippen LogP contribution in [0.15, 0.2) is 46.8 Å². The number of rotatable bonds is 6. The van der Waals surface area contributed by atoms with E-state index in [2.05, 4.69) is 44.1 Å². The predicted molar refractivity (Wildman–Crippen MR) is 126 cm³/mol. The molecule has 1 aromatic heterocycles. The Bertz CT molecular complexity index is 858. The Hall–Kier alpha value is -2.54. The molecule has 0 aliphatic carbocycles. The summed E-state index contributed by atoms with van der Waals surface area (Å²) in [5.74, 6) is 1.05. The minimum atomic E-state index is 0.214. The highest BCUT2D eigenvalue weighted by Gasteiger charge is 2.24. The van der Waals surface area contributed by atoms with Gasteiger partial charge in [0.05, 0.1) is 5.00 Å². The lowest BCUT2D eigenvalue weighted by Gasteiger charge is -2.33. The summed E-state index contributed by atoms with van der Waals surface area (Å²) in [6.07, 6.45) is 4.52. The minimum absolute atomic E-state index is 0.214. The van der Waals surface area contributed by atoms with Gasteiger partial charge in [0.2, 0.25) is 5.91 Å². The van der Waals surface area contributed by atoms with Crippen LogP contribution in [0.25, 0.3) is 0 Å². The van der Waals surface area contributed by atoms with Gasteiger partial charge in [-0.3, -0.25) is 9.79 Å². The number of amides is 1. The number of benzene rings is 1. The third-order valence-corrected chi connectivity index (χ3v) is 6.85. The van der Waals surface area contributed by atoms with Crippen LogP contribution in [0.3, 0.4) is 0 Å². The highest BCUT2D eigenvalue weighted by atomic mass is 32.1. The zero-order chi connectivity index (χ0) is 20.8. The van der Waals surface area contributed by atoms with Gasteiger partial charge in [0.25, 0.3) is 0 Å². The van der Waals surface area contributed by atoms with E-state index in [1.807, 2.05) is 41.5 Å². The number of guanidine groups is 1. The number of hydrogen-bond donors (Lipinski definition) is 2. The predicted octanol–water partition coefficient (Wildman–Crippen LogP) is 3.25. The smallest absolute Gasteiger partial charge is 0.227 e. The van der Waals surface area contributed by atoms with Gasteiger partial charge in [-0.2, -0.15) is 0 Å². The Morgan fingerprint density at radius 2 is 2.00 bits per heavy atom. The van der Waals surface area contributed by atoms with E-state index in [0.717, 1.165) is 63.5 Å². The Kier molecular flexibility index (Phi) is 6.89. The van der Waals surface area contributed by atoms with Gasteiger partial charge in [-0.1, -0.05) is 18.2 Å². The van der Waals surface area contributed by atoms with Gasteiger partial charge < -0.3 is 20.4 Å². The Labute approximate surface area is 183 Å². The molecule has 0 atom stereocenters. The van der Waals surface area contributed by atoms with Crippen molar-refractivity contribution < 1.29 is 4.79 Å². The van der Waals surface area contributed by atoms with Crippen molar-refractivity contribution in [3.05, 3.63) is 47.3 Å². The van der Waals surface area contributed by atoms with Crippen LogP contribution >= 0.6 is 11.3 Å². The largest absolute Gasteiger partial charge is 0.363 e. The van der Waals surface area contributed by atoms with E-state index >= 15 is 0 Å². The molecule has 0 spiro atoms. The lowest BCUT2D eigenvalue weighted by molar-refractivity contribution is -0.118. The third kappa shape index (κ3) is 4.95. The van der Waals surface area contributed by atoms with Crippen LogP contribution in [0, 0.1) is 0 Å². The summed E-state index contributed by atoms with van der Waals surface area (Å²) in [5, 5.41) is 10.4. The number of piperidine rings is 1. The first-order valence-corrected chi connectivity index (χ1v) is 11.8. The summed E-state index contributed by atoms with van der Waals surface area (Å²) in [6.45, 7) is 3.69. The van der Waals surface area contributed by atoms with Gasteiger partial charge in [-0.25, -0.2) is 0 Å². The third-order valence-electron chi connectivity index (χ3n) is 5.93. The Morgan fingerprint density at radius 1 is 1.17 bits per heavy atom. The summed E-state index contributed by atoms with van der Waals surface area (Å²) in [6, 6.07) is 13.0. The van der Waals surface area contributed by atoms with Crippen molar-refractivity contribution in [3.8, 4) is 0 Å². The fraction of sp³-hybridized carbons (Fsp3) is 0.478. The van der Waals surface area contributed by atoms with E-state index in [-0.39, 0.29) is 5.91 Å². The SMILES string of the molecule is CN=C(NCCCC(=O)N1CCc2ccccc21)NC1CCN(c2cccs2)CC1. The molecule has 30 heavy (non-hydrogen) atoms. The summed E-state index contributed by atoms with van der Waals surface area (Å²) in [5.41, 5.74) is 2.36. The van der Waals surface area contributed by atoms with Crippen molar-refractivity contribution in [3.63, 3.8) is 0 Å². The first kappa shape index (κ1) is 20.7. The fourth-order valence-corrected chi connectivity index (χ4v) is 5.05. The maximum atomic E-state index is 12.6. The molecule has 2 N–H and O–H groups in total. The average Bonchev–Trinajstić information content (AvgIpc) is 3.46. The van der Waals surface area contributed by atoms with E-state index in [1.165, 1.54) is 10.6 Å². The van der Waals surface area contributed by atoms with E-state index in [0.29, 0.717) is 12.5 Å². The molecule has 3 heterocycles. The first-order chi connectivity index (χ1) is 14.7. The average molecular weight is 426 g/mol. The Balaban J connectivity index is 1.16. The molecule has 160 valence electrons. The Morgan fingerprint density at radius 3 is 2.77 bits per heavy atom. The van der Waals surface area contributed by atoms with Gasteiger partial charge >= 0.3 is 0 Å². The molecule has 7 heteroatoms. The molecule has 1 amide bonds. The zero-order valence-electron chi connectivity index (χ0n) is 17.6. The molecule has 0 radical (unpaired) electrons. The van der Waals surface area contributed by atoms with E-state index in [1.54, 1.807) is 0 Å². The summed E-state index contributed by atoms with van der Waals surface area (Å²) in [7, 11) is 1.81. The number of carbonyl (C=O) groups excluding carboxylic acids is 1. The molecular weight excluding hydrogens is 394 g/mol. The second-order valence-electron chi connectivity index (χ2n) is 7.88. The number of nitrogens with zero attached hydrogens (tertiary/aromatic N) is 3. The van der Waals surface area contributed by atoms with Crippen LogP contribution in [0.5, 0.6) is 0 Å². The number of para-hydroxylation sites is 1. The van der Waals surface area contributed by atoms with Crippen LogP contribution in [-0.2, 0) is 11.2 Å². The van der Waals surface area contributed by atoms with Gasteiger partial charge in [0.1, 0.15) is 0 Å². The van der Waals surface area contributed by atoms with Crippen molar-refractivity contribution in [2.45, 2.75) is 38.1 Å². The van der Waals surface area contributed by atoms with Crippen molar-refractivity contribution in [2.24, 2.45) is 4.99 Å². The van der Waals surface area contributed by atoms with Crippen LogP contribution in [-0.4, -0.2) is 51.1 Å². The molecule has 0 bridgehead atoms. The molecule has 1 aromatic carbocycles. The van der Waals surface area contributed by atoms with Gasteiger partial charge in [0, 0.05) is 51.4 Å². The molecule has 2 aliphatic rings. The number of thiophene rings is 1. The summed E-state index contributed by atoms with van der Waals surface area (Å²) in [4.78, 5) is 21.4. The molecule has 4 rings (SSSR count). The monoisotopic (exact) mass is 425 g/mol. The topological polar surface area (TPSA) is 60.0 Å². The summed E-state index contributed by atoms with van der Waals surface area (Å²) < 4.78 is 0. The molecule has 2 aliphatic heterocycles. The quantitative estimate of drug-likeness (QED) is 0.424. The van der Waals surface area contributed by atoms with Crippen LogP contribution in [0.4, 0.5) is 10.7 Å². The molecule has 1 saturated heterocycles. The van der Waals surface area contributed by atoms with E-state index in [4.69, 9.17) is 0 Å². The zero-order valence-corrected chi connectivity index (χ0v) is 18.5. The normalized spacial score (nSPS) is 17.2. The number of fused-ring (bicyclic) bond motifs is 1. The van der Waals surface area contributed by atoms with Crippen LogP contribution < -0.4 is 20.4 Å². The number of carbonyl (C=O) groups is 1.